The van der Waals surface area contributed by atoms with E-state index in [-0.39, 0.29) is 12.5 Å². The molecule has 0 bridgehead atoms. The average Bonchev–Trinajstić information content (AvgIpc) is 3.34. The van der Waals surface area contributed by atoms with Gasteiger partial charge in [-0.05, 0) is 57.2 Å². The van der Waals surface area contributed by atoms with Crippen molar-refractivity contribution in [2.45, 2.75) is 39.0 Å². The topological polar surface area (TPSA) is 73.2 Å². The van der Waals surface area contributed by atoms with Crippen molar-refractivity contribution in [1.82, 2.24) is 15.1 Å². The van der Waals surface area contributed by atoms with Gasteiger partial charge in [0.25, 0.3) is 5.91 Å². The lowest BCUT2D eigenvalue weighted by molar-refractivity contribution is -0.124. The fourth-order valence-corrected chi connectivity index (χ4v) is 4.72. The first-order chi connectivity index (χ1) is 14.6. The molecule has 2 aromatic heterocycles. The second-order valence-electron chi connectivity index (χ2n) is 7.45. The molecule has 30 heavy (non-hydrogen) atoms. The van der Waals surface area contributed by atoms with Crippen LogP contribution >= 0.6 is 11.3 Å². The zero-order valence-corrected chi connectivity index (χ0v) is 17.8. The molecule has 1 N–H and O–H groups in total. The predicted molar refractivity (Wildman–Crippen MR) is 118 cm³/mol. The van der Waals surface area contributed by atoms with Crippen LogP contribution in [0.15, 0.2) is 48.0 Å². The number of rotatable bonds is 7. The second-order valence-corrected chi connectivity index (χ2v) is 8.48. The Hall–Kier alpha value is -2.93. The molecule has 1 aliphatic rings. The maximum atomic E-state index is 12.5. The van der Waals surface area contributed by atoms with Crippen LogP contribution in [-0.2, 0) is 9.53 Å². The van der Waals surface area contributed by atoms with Gasteiger partial charge in [-0.2, -0.15) is 5.10 Å². The highest BCUT2D eigenvalue weighted by Gasteiger charge is 2.19. The number of nitrogens with one attached hydrogen (secondary N) is 1. The van der Waals surface area contributed by atoms with E-state index < -0.39 is 5.97 Å². The number of hydrogen-bond acceptors (Lipinski definition) is 5. The summed E-state index contributed by atoms with van der Waals surface area (Å²) in [7, 11) is 0. The largest absolute Gasteiger partial charge is 0.451 e. The zero-order chi connectivity index (χ0) is 20.9. The van der Waals surface area contributed by atoms with Gasteiger partial charge < -0.3 is 10.1 Å². The van der Waals surface area contributed by atoms with Crippen molar-refractivity contribution in [2.75, 3.05) is 13.2 Å². The maximum absolute atomic E-state index is 12.5. The van der Waals surface area contributed by atoms with Crippen LogP contribution in [0, 0.1) is 6.92 Å². The van der Waals surface area contributed by atoms with Gasteiger partial charge >= 0.3 is 5.97 Å². The lowest BCUT2D eigenvalue weighted by Crippen LogP contribution is -2.29. The Morgan fingerprint density at radius 1 is 1.23 bits per heavy atom. The van der Waals surface area contributed by atoms with E-state index in [2.05, 4.69) is 16.5 Å². The molecule has 7 heteroatoms. The van der Waals surface area contributed by atoms with Crippen LogP contribution in [0.5, 0.6) is 0 Å². The molecule has 0 saturated heterocycles. The number of amides is 1. The highest BCUT2D eigenvalue weighted by Crippen LogP contribution is 2.30. The molecule has 4 rings (SSSR count). The molecule has 0 aliphatic heterocycles. The number of nitrogens with zero attached hydrogens (tertiary/aromatic N) is 2. The lowest BCUT2D eigenvalue weighted by Gasteiger charge is -2.12. The highest BCUT2D eigenvalue weighted by atomic mass is 32.1. The Balaban J connectivity index is 1.34. The smallest absolute Gasteiger partial charge is 0.348 e. The van der Waals surface area contributed by atoms with Crippen molar-refractivity contribution in [2.24, 2.45) is 0 Å². The van der Waals surface area contributed by atoms with E-state index in [0.29, 0.717) is 11.4 Å². The van der Waals surface area contributed by atoms with Gasteiger partial charge in [-0.15, -0.1) is 11.3 Å². The first kappa shape index (κ1) is 20.3. The molecule has 0 fully saturated rings. The third-order valence-electron chi connectivity index (χ3n) is 5.23. The number of carbonyl (C=O) groups excluding carboxylic acids is 2. The summed E-state index contributed by atoms with van der Waals surface area (Å²) in [5, 5.41) is 8.32. The number of benzene rings is 1. The van der Waals surface area contributed by atoms with Gasteiger partial charge in [-0.3, -0.25) is 4.79 Å². The molecule has 1 amide bonds. The summed E-state index contributed by atoms with van der Waals surface area (Å²) in [6.45, 7) is 2.23. The number of carbonyl (C=O) groups is 2. The molecule has 0 atom stereocenters. The molecule has 2 heterocycles. The number of esters is 1. The number of para-hydroxylation sites is 1. The molecule has 3 aromatic rings. The Morgan fingerprint density at radius 3 is 2.83 bits per heavy atom. The third kappa shape index (κ3) is 4.62. The second kappa shape index (κ2) is 9.26. The van der Waals surface area contributed by atoms with E-state index in [1.807, 2.05) is 41.9 Å². The molecule has 156 valence electrons. The minimum atomic E-state index is -0.486. The van der Waals surface area contributed by atoms with E-state index in [0.717, 1.165) is 40.9 Å². The van der Waals surface area contributed by atoms with Crippen LogP contribution in [0.25, 0.3) is 15.9 Å². The first-order valence-corrected chi connectivity index (χ1v) is 11.1. The fourth-order valence-electron chi connectivity index (χ4n) is 3.64. The van der Waals surface area contributed by atoms with E-state index in [4.69, 9.17) is 4.74 Å². The van der Waals surface area contributed by atoms with Gasteiger partial charge in [-0.1, -0.05) is 29.8 Å². The molecule has 6 nitrogen and oxygen atoms in total. The van der Waals surface area contributed by atoms with Gasteiger partial charge in [0.1, 0.15) is 9.71 Å². The summed E-state index contributed by atoms with van der Waals surface area (Å²) < 4.78 is 7.06. The molecule has 0 spiro atoms. The number of thiophene rings is 1. The summed E-state index contributed by atoms with van der Waals surface area (Å²) in [4.78, 5) is 25.8. The monoisotopic (exact) mass is 423 g/mol. The number of allylic oxidation sites excluding steroid dienone is 1. The standard InChI is InChI=1S/C23H25N3O3S/c1-16-19-14-20(30-22(19)26(25-16)18-10-6-3-7-11-18)23(28)29-15-21(27)24-13-12-17-8-4-2-5-9-17/h3,6-8,10-11,14H,2,4-5,9,12-13,15H2,1H3,(H,24,27). The average molecular weight is 424 g/mol. The summed E-state index contributed by atoms with van der Waals surface area (Å²) in [6.07, 6.45) is 7.88. The normalized spacial score (nSPS) is 13.8. The maximum Gasteiger partial charge on any atom is 0.348 e. The molecule has 0 radical (unpaired) electrons. The summed E-state index contributed by atoms with van der Waals surface area (Å²) in [5.41, 5.74) is 3.19. The molecule has 0 saturated carbocycles. The van der Waals surface area contributed by atoms with Crippen LogP contribution < -0.4 is 5.32 Å². The van der Waals surface area contributed by atoms with Crippen molar-refractivity contribution < 1.29 is 14.3 Å². The van der Waals surface area contributed by atoms with Crippen molar-refractivity contribution >= 4 is 33.4 Å². The van der Waals surface area contributed by atoms with Crippen molar-refractivity contribution in [3.05, 3.63) is 58.6 Å². The van der Waals surface area contributed by atoms with Crippen LogP contribution in [0.2, 0.25) is 0 Å². The Morgan fingerprint density at radius 2 is 2.07 bits per heavy atom. The third-order valence-corrected chi connectivity index (χ3v) is 6.32. The molecular formula is C23H25N3O3S. The Bertz CT molecular complexity index is 1080. The minimum absolute atomic E-state index is 0.268. The first-order valence-electron chi connectivity index (χ1n) is 10.3. The van der Waals surface area contributed by atoms with E-state index in [1.54, 1.807) is 6.07 Å². The Kier molecular flexibility index (Phi) is 6.28. The van der Waals surface area contributed by atoms with E-state index >= 15 is 0 Å². The van der Waals surface area contributed by atoms with Crippen molar-refractivity contribution in [3.63, 3.8) is 0 Å². The van der Waals surface area contributed by atoms with Gasteiger partial charge in [0.15, 0.2) is 6.61 Å². The molecular weight excluding hydrogens is 398 g/mol. The van der Waals surface area contributed by atoms with Gasteiger partial charge in [0, 0.05) is 11.9 Å². The van der Waals surface area contributed by atoms with Gasteiger partial charge in [0.2, 0.25) is 0 Å². The minimum Gasteiger partial charge on any atom is -0.451 e. The number of aromatic nitrogens is 2. The van der Waals surface area contributed by atoms with Crippen molar-refractivity contribution in [1.29, 1.82) is 0 Å². The van der Waals surface area contributed by atoms with Crippen LogP contribution in [-0.4, -0.2) is 34.8 Å². The SMILES string of the molecule is Cc1nn(-c2ccccc2)c2sc(C(=O)OCC(=O)NCCC3=CCCCC3)cc12. The number of hydrogen-bond donors (Lipinski definition) is 1. The number of fused-ring (bicyclic) bond motifs is 1. The highest BCUT2D eigenvalue weighted by molar-refractivity contribution is 7.20. The Labute approximate surface area is 179 Å². The van der Waals surface area contributed by atoms with Crippen LogP contribution in [0.3, 0.4) is 0 Å². The zero-order valence-electron chi connectivity index (χ0n) is 17.0. The molecule has 1 aliphatic carbocycles. The lowest BCUT2D eigenvalue weighted by atomic mass is 9.97. The van der Waals surface area contributed by atoms with Crippen molar-refractivity contribution in [3.8, 4) is 5.69 Å². The van der Waals surface area contributed by atoms with Crippen LogP contribution in [0.4, 0.5) is 0 Å². The van der Waals surface area contributed by atoms with Gasteiger partial charge in [0.05, 0.1) is 11.4 Å². The molecule has 0 unspecified atom stereocenters. The summed E-state index contributed by atoms with van der Waals surface area (Å²) >= 11 is 1.32. The summed E-state index contributed by atoms with van der Waals surface area (Å²) in [6, 6.07) is 11.6. The number of aryl methyl sites for hydroxylation is 1. The fraction of sp³-hybridized carbons (Fsp3) is 0.348. The van der Waals surface area contributed by atoms with Crippen LogP contribution in [0.1, 0.15) is 47.5 Å². The van der Waals surface area contributed by atoms with Gasteiger partial charge in [-0.25, -0.2) is 9.48 Å². The predicted octanol–water partition coefficient (Wildman–Crippen LogP) is 4.56. The number of ether oxygens (including phenoxy) is 1. The van der Waals surface area contributed by atoms with E-state index in [9.17, 15) is 9.59 Å². The quantitative estimate of drug-likeness (QED) is 0.447. The molecule has 1 aromatic carbocycles. The summed E-state index contributed by atoms with van der Waals surface area (Å²) in [5.74, 6) is -0.757. The van der Waals surface area contributed by atoms with E-state index in [1.165, 1.54) is 29.8 Å².